The van der Waals surface area contributed by atoms with Crippen molar-refractivity contribution in [2.24, 2.45) is 0 Å². The number of hydrogen-bond donors (Lipinski definition) is 0. The molecule has 0 spiro atoms. The van der Waals surface area contributed by atoms with Crippen LogP contribution < -0.4 is 9.47 Å². The molecule has 1 aromatic heterocycles. The second-order valence-corrected chi connectivity index (χ2v) is 7.64. The number of benzene rings is 3. The monoisotopic (exact) mass is 359 g/mol. The molecule has 0 amide bonds. The average molecular weight is 359 g/mol. The van der Waals surface area contributed by atoms with Gasteiger partial charge in [0, 0.05) is 21.9 Å². The van der Waals surface area contributed by atoms with E-state index >= 15 is 0 Å². The van der Waals surface area contributed by atoms with Crippen molar-refractivity contribution in [3.63, 3.8) is 0 Å². The van der Waals surface area contributed by atoms with Gasteiger partial charge in [-0.05, 0) is 51.0 Å². The molecule has 0 N–H and O–H groups in total. The summed E-state index contributed by atoms with van der Waals surface area (Å²) in [5, 5.41) is 2.16. The van der Waals surface area contributed by atoms with Crippen molar-refractivity contribution in [2.75, 3.05) is 7.11 Å². The molecule has 0 fully saturated rings. The highest BCUT2D eigenvalue weighted by molar-refractivity contribution is 6.09. The van der Waals surface area contributed by atoms with Crippen LogP contribution in [0.25, 0.3) is 33.3 Å². The molecule has 0 bridgehead atoms. The number of oxazole rings is 1. The largest absolute Gasteiger partial charge is 0.497 e. The van der Waals surface area contributed by atoms with Crippen molar-refractivity contribution < 1.29 is 13.9 Å². The quantitative estimate of drug-likeness (QED) is 0.456. The molecule has 0 unspecified atom stereocenters. The maximum Gasteiger partial charge on any atom is 0.227 e. The number of methoxy groups -OCH3 is 1. The van der Waals surface area contributed by atoms with Crippen LogP contribution in [0, 0.1) is 0 Å². The molecule has 2 heterocycles. The third kappa shape index (κ3) is 2.55. The smallest absolute Gasteiger partial charge is 0.227 e. The van der Waals surface area contributed by atoms with Gasteiger partial charge < -0.3 is 13.9 Å². The lowest BCUT2D eigenvalue weighted by molar-refractivity contribution is 0.0871. The number of fused-ring (bicyclic) bond motifs is 6. The summed E-state index contributed by atoms with van der Waals surface area (Å²) in [7, 11) is 1.66. The van der Waals surface area contributed by atoms with Crippen LogP contribution in [0.3, 0.4) is 0 Å². The standard InChI is InChI=1S/C23H21NO3/c1-23(2)13-12-18-20(27-23)17-7-5-4-6-16(17)19-21(18)26-22(24-19)14-8-10-15(25-3)11-9-14/h4-11H,12-13H2,1-3H3. The average Bonchev–Trinajstić information content (AvgIpc) is 3.13. The van der Waals surface area contributed by atoms with Gasteiger partial charge in [0.25, 0.3) is 0 Å². The zero-order chi connectivity index (χ0) is 18.6. The Morgan fingerprint density at radius 3 is 2.48 bits per heavy atom. The van der Waals surface area contributed by atoms with E-state index in [-0.39, 0.29) is 5.60 Å². The molecule has 136 valence electrons. The molecular formula is C23H21NO3. The maximum absolute atomic E-state index is 6.38. The van der Waals surface area contributed by atoms with Gasteiger partial charge in [0.05, 0.1) is 7.11 Å². The highest BCUT2D eigenvalue weighted by Crippen LogP contribution is 2.45. The van der Waals surface area contributed by atoms with Crippen molar-refractivity contribution in [1.29, 1.82) is 0 Å². The fourth-order valence-electron chi connectivity index (χ4n) is 3.81. The van der Waals surface area contributed by atoms with Gasteiger partial charge in [0.1, 0.15) is 22.6 Å². The van der Waals surface area contributed by atoms with Crippen molar-refractivity contribution in [1.82, 2.24) is 4.98 Å². The topological polar surface area (TPSA) is 44.5 Å². The first-order chi connectivity index (χ1) is 13.1. The minimum Gasteiger partial charge on any atom is -0.497 e. The van der Waals surface area contributed by atoms with E-state index in [9.17, 15) is 0 Å². The predicted molar refractivity (Wildman–Crippen MR) is 107 cm³/mol. The molecule has 27 heavy (non-hydrogen) atoms. The highest BCUT2D eigenvalue weighted by Gasteiger charge is 2.31. The number of rotatable bonds is 2. The van der Waals surface area contributed by atoms with Gasteiger partial charge in [-0.2, -0.15) is 0 Å². The van der Waals surface area contributed by atoms with E-state index < -0.39 is 0 Å². The Morgan fingerprint density at radius 2 is 1.74 bits per heavy atom. The van der Waals surface area contributed by atoms with Crippen LogP contribution in [0.15, 0.2) is 52.9 Å². The number of aromatic nitrogens is 1. The highest BCUT2D eigenvalue weighted by atomic mass is 16.5. The minimum atomic E-state index is -0.178. The lowest BCUT2D eigenvalue weighted by Crippen LogP contribution is -2.32. The summed E-state index contributed by atoms with van der Waals surface area (Å²) in [6.07, 6.45) is 1.87. The minimum absolute atomic E-state index is 0.178. The Bertz CT molecular complexity index is 1160. The van der Waals surface area contributed by atoms with E-state index in [1.165, 1.54) is 0 Å². The molecule has 4 nitrogen and oxygen atoms in total. The molecule has 1 aliphatic heterocycles. The van der Waals surface area contributed by atoms with Gasteiger partial charge in [0.2, 0.25) is 5.89 Å². The van der Waals surface area contributed by atoms with E-state index in [1.54, 1.807) is 7.11 Å². The van der Waals surface area contributed by atoms with Gasteiger partial charge in [-0.1, -0.05) is 24.3 Å². The van der Waals surface area contributed by atoms with Crippen LogP contribution in [0.2, 0.25) is 0 Å². The Hall–Kier alpha value is -3.01. The third-order valence-corrected chi connectivity index (χ3v) is 5.29. The molecule has 5 rings (SSSR count). The first-order valence-corrected chi connectivity index (χ1v) is 9.23. The van der Waals surface area contributed by atoms with E-state index in [0.29, 0.717) is 5.89 Å². The summed E-state index contributed by atoms with van der Waals surface area (Å²) >= 11 is 0. The van der Waals surface area contributed by atoms with Gasteiger partial charge >= 0.3 is 0 Å². The predicted octanol–water partition coefficient (Wildman–Crippen LogP) is 5.76. The Kier molecular flexibility index (Phi) is 3.44. The van der Waals surface area contributed by atoms with E-state index in [4.69, 9.17) is 18.9 Å². The normalized spacial score (nSPS) is 15.5. The van der Waals surface area contributed by atoms with Crippen LogP contribution in [0.4, 0.5) is 0 Å². The van der Waals surface area contributed by atoms with Crippen molar-refractivity contribution in [3.05, 3.63) is 54.1 Å². The molecular weight excluding hydrogens is 338 g/mol. The number of hydrogen-bond acceptors (Lipinski definition) is 4. The molecule has 1 aliphatic rings. The summed E-state index contributed by atoms with van der Waals surface area (Å²) in [6.45, 7) is 4.27. The second-order valence-electron chi connectivity index (χ2n) is 7.64. The van der Waals surface area contributed by atoms with E-state index in [2.05, 4.69) is 26.0 Å². The van der Waals surface area contributed by atoms with Gasteiger partial charge in [-0.3, -0.25) is 0 Å². The van der Waals surface area contributed by atoms with Crippen LogP contribution in [-0.4, -0.2) is 17.7 Å². The van der Waals surface area contributed by atoms with Crippen LogP contribution in [0.1, 0.15) is 25.8 Å². The van der Waals surface area contributed by atoms with Crippen LogP contribution >= 0.6 is 0 Å². The SMILES string of the molecule is COc1ccc(-c2nc3c(o2)c2c(c4ccccc43)OC(C)(C)CC2)cc1. The Labute approximate surface area is 157 Å². The van der Waals surface area contributed by atoms with E-state index in [1.807, 2.05) is 36.4 Å². The molecule has 0 saturated carbocycles. The number of ether oxygens (including phenoxy) is 2. The maximum atomic E-state index is 6.38. The Morgan fingerprint density at radius 1 is 1.00 bits per heavy atom. The molecule has 3 aromatic carbocycles. The zero-order valence-electron chi connectivity index (χ0n) is 15.7. The van der Waals surface area contributed by atoms with Gasteiger partial charge in [-0.15, -0.1) is 0 Å². The zero-order valence-corrected chi connectivity index (χ0v) is 15.7. The summed E-state index contributed by atoms with van der Waals surface area (Å²) in [6, 6.07) is 16.1. The van der Waals surface area contributed by atoms with Crippen molar-refractivity contribution in [2.45, 2.75) is 32.3 Å². The van der Waals surface area contributed by atoms with Crippen LogP contribution in [-0.2, 0) is 6.42 Å². The first kappa shape index (κ1) is 16.2. The molecule has 0 atom stereocenters. The lowest BCUT2D eigenvalue weighted by Gasteiger charge is -2.33. The molecule has 0 radical (unpaired) electrons. The number of aryl methyl sites for hydroxylation is 1. The van der Waals surface area contributed by atoms with Crippen LogP contribution in [0.5, 0.6) is 11.5 Å². The fraction of sp³-hybridized carbons (Fsp3) is 0.261. The molecule has 0 saturated heterocycles. The summed E-state index contributed by atoms with van der Waals surface area (Å²) < 4.78 is 17.9. The second kappa shape index (κ2) is 5.74. The van der Waals surface area contributed by atoms with Crippen molar-refractivity contribution >= 4 is 21.9 Å². The summed E-state index contributed by atoms with van der Waals surface area (Å²) in [4.78, 5) is 4.85. The molecule has 0 aliphatic carbocycles. The lowest BCUT2D eigenvalue weighted by atomic mass is 9.91. The fourth-order valence-corrected chi connectivity index (χ4v) is 3.81. The first-order valence-electron chi connectivity index (χ1n) is 9.23. The third-order valence-electron chi connectivity index (χ3n) is 5.29. The van der Waals surface area contributed by atoms with Crippen molar-refractivity contribution in [3.8, 4) is 23.0 Å². The molecule has 4 aromatic rings. The van der Waals surface area contributed by atoms with Gasteiger partial charge in [0.15, 0.2) is 5.58 Å². The summed E-state index contributed by atoms with van der Waals surface area (Å²) in [5.74, 6) is 2.37. The Balaban J connectivity index is 1.78. The summed E-state index contributed by atoms with van der Waals surface area (Å²) in [5.41, 5.74) is 3.61. The molecule has 4 heteroatoms. The van der Waals surface area contributed by atoms with E-state index in [0.717, 1.165) is 57.3 Å². The van der Waals surface area contributed by atoms with Gasteiger partial charge in [-0.25, -0.2) is 4.98 Å². The number of nitrogens with zero attached hydrogens (tertiary/aromatic N) is 1.